The molecule has 0 spiro atoms. The zero-order chi connectivity index (χ0) is 14.4. The molecule has 2 heterocycles. The van der Waals surface area contributed by atoms with Crippen LogP contribution in [0.1, 0.15) is 20.3 Å². The number of rotatable bonds is 8. The molecule has 0 aliphatic carbocycles. The van der Waals surface area contributed by atoms with Crippen LogP contribution in [0.25, 0.3) is 11.2 Å². The van der Waals surface area contributed by atoms with Gasteiger partial charge in [-0.05, 0) is 12.3 Å². The largest absolute Gasteiger partial charge is 0.384 e. The first-order chi connectivity index (χ1) is 9.74. The van der Waals surface area contributed by atoms with Crippen LogP contribution in [0.2, 0.25) is 0 Å². The summed E-state index contributed by atoms with van der Waals surface area (Å²) < 4.78 is 5.14. The van der Waals surface area contributed by atoms with E-state index in [0.717, 1.165) is 30.8 Å². The van der Waals surface area contributed by atoms with E-state index in [0.29, 0.717) is 24.1 Å². The van der Waals surface area contributed by atoms with Crippen molar-refractivity contribution < 1.29 is 4.74 Å². The predicted molar refractivity (Wildman–Crippen MR) is 80.0 cm³/mol. The lowest BCUT2D eigenvalue weighted by Gasteiger charge is -2.13. The van der Waals surface area contributed by atoms with Gasteiger partial charge in [0.2, 0.25) is 5.95 Å². The van der Waals surface area contributed by atoms with Gasteiger partial charge in [-0.2, -0.15) is 9.97 Å². The molecule has 0 aromatic carbocycles. The molecule has 7 nitrogen and oxygen atoms in total. The molecule has 0 amide bonds. The Labute approximate surface area is 118 Å². The Balaban J connectivity index is 2.14. The SMILES string of the molecule is CCCNc1nc(NCC(C)COC)c2[nH]cnc2n1. The number of aromatic nitrogens is 4. The van der Waals surface area contributed by atoms with Crippen molar-refractivity contribution in [2.75, 3.05) is 37.4 Å². The van der Waals surface area contributed by atoms with E-state index in [4.69, 9.17) is 4.74 Å². The first kappa shape index (κ1) is 14.5. The van der Waals surface area contributed by atoms with Gasteiger partial charge in [-0.3, -0.25) is 0 Å². The minimum atomic E-state index is 0.403. The summed E-state index contributed by atoms with van der Waals surface area (Å²) in [5.41, 5.74) is 1.50. The number of nitrogens with zero attached hydrogens (tertiary/aromatic N) is 3. The Morgan fingerprint density at radius 3 is 2.95 bits per heavy atom. The monoisotopic (exact) mass is 278 g/mol. The van der Waals surface area contributed by atoms with Gasteiger partial charge in [0, 0.05) is 20.2 Å². The molecule has 0 aliphatic heterocycles. The van der Waals surface area contributed by atoms with Crippen LogP contribution >= 0.6 is 0 Å². The third-order valence-corrected chi connectivity index (χ3v) is 2.89. The lowest BCUT2D eigenvalue weighted by molar-refractivity contribution is 0.164. The van der Waals surface area contributed by atoms with E-state index in [1.165, 1.54) is 0 Å². The lowest BCUT2D eigenvalue weighted by Crippen LogP contribution is -2.17. The molecule has 0 aliphatic rings. The van der Waals surface area contributed by atoms with Gasteiger partial charge in [0.1, 0.15) is 5.52 Å². The summed E-state index contributed by atoms with van der Waals surface area (Å²) in [6, 6.07) is 0. The average Bonchev–Trinajstić information content (AvgIpc) is 2.91. The van der Waals surface area contributed by atoms with E-state index in [1.54, 1.807) is 13.4 Å². The molecule has 7 heteroatoms. The van der Waals surface area contributed by atoms with Crippen molar-refractivity contribution in [3.63, 3.8) is 0 Å². The van der Waals surface area contributed by atoms with Crippen molar-refractivity contribution in [3.05, 3.63) is 6.33 Å². The van der Waals surface area contributed by atoms with E-state index in [2.05, 4.69) is 44.4 Å². The number of fused-ring (bicyclic) bond motifs is 1. The highest BCUT2D eigenvalue weighted by Crippen LogP contribution is 2.18. The van der Waals surface area contributed by atoms with Crippen molar-refractivity contribution >= 4 is 22.9 Å². The summed E-state index contributed by atoms with van der Waals surface area (Å²) in [7, 11) is 1.71. The van der Waals surface area contributed by atoms with E-state index in [-0.39, 0.29) is 0 Å². The Morgan fingerprint density at radius 2 is 2.20 bits per heavy atom. The third-order valence-electron chi connectivity index (χ3n) is 2.89. The number of hydrogen-bond acceptors (Lipinski definition) is 6. The number of nitrogens with one attached hydrogen (secondary N) is 3. The number of aromatic amines is 1. The minimum absolute atomic E-state index is 0.403. The number of methoxy groups -OCH3 is 1. The van der Waals surface area contributed by atoms with Crippen molar-refractivity contribution in [1.29, 1.82) is 0 Å². The standard InChI is InChI=1S/C13H22N6O/c1-4-5-14-13-18-11(15-6-9(2)7-20-3)10-12(19-13)17-8-16-10/h8-9H,4-7H2,1-3H3,(H3,14,15,16,17,18,19). The van der Waals surface area contributed by atoms with Crippen LogP contribution in [0.3, 0.4) is 0 Å². The zero-order valence-electron chi connectivity index (χ0n) is 12.2. The fraction of sp³-hybridized carbons (Fsp3) is 0.615. The van der Waals surface area contributed by atoms with Gasteiger partial charge in [-0.1, -0.05) is 13.8 Å². The summed E-state index contributed by atoms with van der Waals surface area (Å²) >= 11 is 0. The van der Waals surface area contributed by atoms with Crippen LogP contribution in [-0.4, -0.2) is 46.7 Å². The number of ether oxygens (including phenoxy) is 1. The maximum absolute atomic E-state index is 5.14. The van der Waals surface area contributed by atoms with Gasteiger partial charge in [-0.25, -0.2) is 4.98 Å². The molecule has 20 heavy (non-hydrogen) atoms. The van der Waals surface area contributed by atoms with Crippen molar-refractivity contribution in [3.8, 4) is 0 Å². The molecule has 2 rings (SSSR count). The molecule has 0 radical (unpaired) electrons. The summed E-state index contributed by atoms with van der Waals surface area (Å²) in [6.07, 6.45) is 2.66. The normalized spacial score (nSPS) is 12.6. The van der Waals surface area contributed by atoms with Gasteiger partial charge in [0.05, 0.1) is 12.9 Å². The third kappa shape index (κ3) is 3.57. The molecule has 0 fully saturated rings. The van der Waals surface area contributed by atoms with Crippen LogP contribution < -0.4 is 10.6 Å². The first-order valence-electron chi connectivity index (χ1n) is 6.92. The molecule has 0 saturated heterocycles. The molecule has 1 atom stereocenters. The van der Waals surface area contributed by atoms with Gasteiger partial charge < -0.3 is 20.4 Å². The van der Waals surface area contributed by atoms with Crippen LogP contribution in [0.15, 0.2) is 6.33 Å². The first-order valence-corrected chi connectivity index (χ1v) is 6.92. The molecular formula is C13H22N6O. The molecule has 1 unspecified atom stereocenters. The molecule has 2 aromatic heterocycles. The average molecular weight is 278 g/mol. The van der Waals surface area contributed by atoms with Crippen LogP contribution in [0, 0.1) is 5.92 Å². The quantitative estimate of drug-likeness (QED) is 0.683. The Morgan fingerprint density at radius 1 is 1.35 bits per heavy atom. The van der Waals surface area contributed by atoms with Crippen LogP contribution in [-0.2, 0) is 4.74 Å². The molecular weight excluding hydrogens is 256 g/mol. The van der Waals surface area contributed by atoms with E-state index >= 15 is 0 Å². The topological polar surface area (TPSA) is 87.8 Å². The van der Waals surface area contributed by atoms with Gasteiger partial charge >= 0.3 is 0 Å². The van der Waals surface area contributed by atoms with Crippen LogP contribution in [0.4, 0.5) is 11.8 Å². The van der Waals surface area contributed by atoms with Crippen molar-refractivity contribution in [2.45, 2.75) is 20.3 Å². The Bertz CT molecular complexity index is 541. The molecule has 110 valence electrons. The Kier molecular flexibility index (Phi) is 5.11. The summed E-state index contributed by atoms with van der Waals surface area (Å²) in [4.78, 5) is 16.1. The molecule has 0 saturated carbocycles. The number of anilines is 2. The molecule has 0 bridgehead atoms. The highest BCUT2D eigenvalue weighted by Gasteiger charge is 2.10. The fourth-order valence-electron chi connectivity index (χ4n) is 1.89. The number of H-pyrrole nitrogens is 1. The van der Waals surface area contributed by atoms with Gasteiger partial charge in [0.25, 0.3) is 0 Å². The van der Waals surface area contributed by atoms with Gasteiger partial charge in [0.15, 0.2) is 11.5 Å². The summed E-state index contributed by atoms with van der Waals surface area (Å²) in [5, 5.41) is 6.52. The lowest BCUT2D eigenvalue weighted by atomic mass is 10.2. The number of hydrogen-bond donors (Lipinski definition) is 3. The second kappa shape index (κ2) is 7.04. The summed E-state index contributed by atoms with van der Waals surface area (Å²) in [6.45, 7) is 6.57. The number of imidazole rings is 1. The van der Waals surface area contributed by atoms with E-state index in [1.807, 2.05) is 0 Å². The maximum atomic E-state index is 5.14. The smallest absolute Gasteiger partial charge is 0.226 e. The minimum Gasteiger partial charge on any atom is -0.384 e. The van der Waals surface area contributed by atoms with E-state index in [9.17, 15) is 0 Å². The van der Waals surface area contributed by atoms with Crippen molar-refractivity contribution in [1.82, 2.24) is 19.9 Å². The second-order valence-corrected chi connectivity index (χ2v) is 4.87. The van der Waals surface area contributed by atoms with E-state index < -0.39 is 0 Å². The molecule has 2 aromatic rings. The highest BCUT2D eigenvalue weighted by molar-refractivity contribution is 5.83. The van der Waals surface area contributed by atoms with Crippen molar-refractivity contribution in [2.24, 2.45) is 5.92 Å². The predicted octanol–water partition coefficient (Wildman–Crippen LogP) is 1.87. The second-order valence-electron chi connectivity index (χ2n) is 4.87. The zero-order valence-corrected chi connectivity index (χ0v) is 12.2. The summed E-state index contributed by atoms with van der Waals surface area (Å²) in [5.74, 6) is 1.78. The van der Waals surface area contributed by atoms with Crippen LogP contribution in [0.5, 0.6) is 0 Å². The Hall–Kier alpha value is -1.89. The van der Waals surface area contributed by atoms with Gasteiger partial charge in [-0.15, -0.1) is 0 Å². The molecule has 3 N–H and O–H groups in total. The fourth-order valence-corrected chi connectivity index (χ4v) is 1.89. The highest BCUT2D eigenvalue weighted by atomic mass is 16.5. The maximum Gasteiger partial charge on any atom is 0.226 e.